The Morgan fingerprint density at radius 2 is 1.95 bits per heavy atom. The molecule has 0 aliphatic carbocycles. The number of benzene rings is 1. The van der Waals surface area contributed by atoms with Crippen LogP contribution in [0.25, 0.3) is 0 Å². The van der Waals surface area contributed by atoms with Crippen LogP contribution in [0.1, 0.15) is 42.9 Å². The minimum atomic E-state index is 0.882. The maximum absolute atomic E-state index is 3.47. The minimum absolute atomic E-state index is 0.882. The third kappa shape index (κ3) is 4.32. The zero-order chi connectivity index (χ0) is 14.4. The molecule has 1 aromatic rings. The lowest BCUT2D eigenvalue weighted by Gasteiger charge is -2.30. The first-order chi connectivity index (χ1) is 9.70. The summed E-state index contributed by atoms with van der Waals surface area (Å²) in [7, 11) is 0. The Hall–Kier alpha value is -0.860. The van der Waals surface area contributed by atoms with Gasteiger partial charge in [-0.3, -0.25) is 4.90 Å². The fraction of sp³-hybridized carbons (Fsp3) is 0.667. The monoisotopic (exact) mass is 274 g/mol. The molecule has 1 N–H and O–H groups in total. The molecule has 0 atom stereocenters. The Kier molecular flexibility index (Phi) is 6.06. The zero-order valence-electron chi connectivity index (χ0n) is 13.4. The molecule has 2 nitrogen and oxygen atoms in total. The molecule has 0 saturated carbocycles. The van der Waals surface area contributed by atoms with E-state index in [0.717, 1.165) is 12.5 Å². The predicted molar refractivity (Wildman–Crippen MR) is 87.1 cm³/mol. The number of hydrogen-bond acceptors (Lipinski definition) is 2. The van der Waals surface area contributed by atoms with Gasteiger partial charge >= 0.3 is 0 Å². The molecule has 20 heavy (non-hydrogen) atoms. The molecule has 0 unspecified atom stereocenters. The summed E-state index contributed by atoms with van der Waals surface area (Å²) in [6.45, 7) is 12.8. The smallest absolute Gasteiger partial charge is 0.0236 e. The van der Waals surface area contributed by atoms with E-state index in [0.29, 0.717) is 0 Å². The minimum Gasteiger partial charge on any atom is -0.317 e. The summed E-state index contributed by atoms with van der Waals surface area (Å²) >= 11 is 0. The van der Waals surface area contributed by atoms with Crippen LogP contribution in [0.2, 0.25) is 0 Å². The largest absolute Gasteiger partial charge is 0.317 e. The van der Waals surface area contributed by atoms with Crippen molar-refractivity contribution in [2.75, 3.05) is 26.2 Å². The van der Waals surface area contributed by atoms with E-state index in [1.165, 1.54) is 62.1 Å². The van der Waals surface area contributed by atoms with E-state index in [1.807, 2.05) is 0 Å². The SMILES string of the molecule is CCCN(Cc1cccc(C)c1C)CC1CCNCC1. The summed E-state index contributed by atoms with van der Waals surface area (Å²) in [5.41, 5.74) is 4.40. The summed E-state index contributed by atoms with van der Waals surface area (Å²) < 4.78 is 0. The Labute approximate surface area is 124 Å². The molecule has 1 fully saturated rings. The highest BCUT2D eigenvalue weighted by Crippen LogP contribution is 2.18. The van der Waals surface area contributed by atoms with Crippen molar-refractivity contribution < 1.29 is 0 Å². The van der Waals surface area contributed by atoms with E-state index in [4.69, 9.17) is 0 Å². The van der Waals surface area contributed by atoms with Crippen LogP contribution in [-0.2, 0) is 6.54 Å². The molecule has 1 saturated heterocycles. The molecule has 0 amide bonds. The van der Waals surface area contributed by atoms with Crippen molar-refractivity contribution in [1.29, 1.82) is 0 Å². The average molecular weight is 274 g/mol. The zero-order valence-corrected chi connectivity index (χ0v) is 13.4. The maximum atomic E-state index is 3.47. The highest BCUT2D eigenvalue weighted by Gasteiger charge is 2.17. The highest BCUT2D eigenvalue weighted by atomic mass is 15.1. The predicted octanol–water partition coefficient (Wildman–Crippen LogP) is 3.52. The summed E-state index contributed by atoms with van der Waals surface area (Å²) in [5, 5.41) is 3.47. The number of nitrogens with zero attached hydrogens (tertiary/aromatic N) is 1. The van der Waals surface area contributed by atoms with Gasteiger partial charge < -0.3 is 5.32 Å². The molecule has 0 bridgehead atoms. The van der Waals surface area contributed by atoms with Gasteiger partial charge in [0.05, 0.1) is 0 Å². The van der Waals surface area contributed by atoms with Crippen molar-refractivity contribution in [3.63, 3.8) is 0 Å². The van der Waals surface area contributed by atoms with Gasteiger partial charge in [-0.15, -0.1) is 0 Å². The van der Waals surface area contributed by atoms with Crippen molar-refractivity contribution in [2.24, 2.45) is 5.92 Å². The molecule has 2 heteroatoms. The second-order valence-corrected chi connectivity index (χ2v) is 6.29. The molecule has 1 heterocycles. The van der Waals surface area contributed by atoms with E-state index >= 15 is 0 Å². The lowest BCUT2D eigenvalue weighted by molar-refractivity contribution is 0.198. The fourth-order valence-corrected chi connectivity index (χ4v) is 3.20. The van der Waals surface area contributed by atoms with Crippen molar-refractivity contribution in [3.05, 3.63) is 34.9 Å². The lowest BCUT2D eigenvalue weighted by Crippen LogP contribution is -2.36. The average Bonchev–Trinajstić information content (AvgIpc) is 2.45. The second kappa shape index (κ2) is 7.80. The normalized spacial score (nSPS) is 16.8. The number of nitrogens with one attached hydrogen (secondary N) is 1. The molecule has 1 aliphatic rings. The Bertz CT molecular complexity index is 408. The summed E-state index contributed by atoms with van der Waals surface area (Å²) in [5.74, 6) is 0.882. The van der Waals surface area contributed by atoms with Gasteiger partial charge in [-0.25, -0.2) is 0 Å². The van der Waals surface area contributed by atoms with Crippen LogP contribution in [-0.4, -0.2) is 31.1 Å². The molecule has 2 rings (SSSR count). The van der Waals surface area contributed by atoms with E-state index in [9.17, 15) is 0 Å². The second-order valence-electron chi connectivity index (χ2n) is 6.29. The first-order valence-corrected chi connectivity index (χ1v) is 8.19. The van der Waals surface area contributed by atoms with Crippen molar-refractivity contribution in [3.8, 4) is 0 Å². The Balaban J connectivity index is 1.98. The highest BCUT2D eigenvalue weighted by molar-refractivity contribution is 5.32. The first-order valence-electron chi connectivity index (χ1n) is 8.19. The van der Waals surface area contributed by atoms with E-state index < -0.39 is 0 Å². The quantitative estimate of drug-likeness (QED) is 0.854. The van der Waals surface area contributed by atoms with Crippen molar-refractivity contribution in [2.45, 2.75) is 46.6 Å². The topological polar surface area (TPSA) is 15.3 Å². The number of hydrogen-bond donors (Lipinski definition) is 1. The molecule has 0 radical (unpaired) electrons. The third-order valence-electron chi connectivity index (χ3n) is 4.63. The van der Waals surface area contributed by atoms with E-state index in [2.05, 4.69) is 49.2 Å². The lowest BCUT2D eigenvalue weighted by atomic mass is 9.96. The molecule has 0 spiro atoms. The summed E-state index contributed by atoms with van der Waals surface area (Å²) in [6.07, 6.45) is 3.93. The van der Waals surface area contributed by atoms with Crippen LogP contribution in [0.4, 0.5) is 0 Å². The van der Waals surface area contributed by atoms with Crippen LogP contribution in [0.15, 0.2) is 18.2 Å². The third-order valence-corrected chi connectivity index (χ3v) is 4.63. The van der Waals surface area contributed by atoms with Gasteiger partial charge in [0.15, 0.2) is 0 Å². The number of piperidine rings is 1. The van der Waals surface area contributed by atoms with Gasteiger partial charge in [0.25, 0.3) is 0 Å². The van der Waals surface area contributed by atoms with Crippen LogP contribution < -0.4 is 5.32 Å². The molecular formula is C18H30N2. The van der Waals surface area contributed by atoms with Crippen LogP contribution in [0.5, 0.6) is 0 Å². The molecule has 112 valence electrons. The van der Waals surface area contributed by atoms with Gasteiger partial charge in [0, 0.05) is 13.1 Å². The number of rotatable bonds is 6. The Morgan fingerprint density at radius 3 is 2.65 bits per heavy atom. The standard InChI is InChI=1S/C18H30N2/c1-4-12-20(13-17-8-10-19-11-9-17)14-18-7-5-6-15(2)16(18)3/h5-7,17,19H,4,8-14H2,1-3H3. The first kappa shape index (κ1) is 15.5. The van der Waals surface area contributed by atoms with Crippen LogP contribution in [0, 0.1) is 19.8 Å². The molecular weight excluding hydrogens is 244 g/mol. The fourth-order valence-electron chi connectivity index (χ4n) is 3.20. The van der Waals surface area contributed by atoms with Gasteiger partial charge in [0.2, 0.25) is 0 Å². The van der Waals surface area contributed by atoms with E-state index in [1.54, 1.807) is 0 Å². The molecule has 0 aromatic heterocycles. The van der Waals surface area contributed by atoms with Crippen molar-refractivity contribution >= 4 is 0 Å². The molecule has 1 aromatic carbocycles. The van der Waals surface area contributed by atoms with Crippen LogP contribution >= 0.6 is 0 Å². The van der Waals surface area contributed by atoms with Crippen molar-refractivity contribution in [1.82, 2.24) is 10.2 Å². The summed E-state index contributed by atoms with van der Waals surface area (Å²) in [6, 6.07) is 6.72. The van der Waals surface area contributed by atoms with Gasteiger partial charge in [-0.05, 0) is 75.4 Å². The molecule has 1 aliphatic heterocycles. The van der Waals surface area contributed by atoms with Gasteiger partial charge in [-0.2, -0.15) is 0 Å². The number of aryl methyl sites for hydroxylation is 1. The van der Waals surface area contributed by atoms with Gasteiger partial charge in [-0.1, -0.05) is 25.1 Å². The summed E-state index contributed by atoms with van der Waals surface area (Å²) in [4.78, 5) is 2.66. The Morgan fingerprint density at radius 1 is 1.20 bits per heavy atom. The van der Waals surface area contributed by atoms with Crippen LogP contribution in [0.3, 0.4) is 0 Å². The van der Waals surface area contributed by atoms with Gasteiger partial charge in [0.1, 0.15) is 0 Å². The maximum Gasteiger partial charge on any atom is 0.0236 e. The van der Waals surface area contributed by atoms with E-state index in [-0.39, 0.29) is 0 Å².